The maximum absolute atomic E-state index is 13.2. The van der Waals surface area contributed by atoms with E-state index in [1.54, 1.807) is 45.4 Å². The van der Waals surface area contributed by atoms with E-state index < -0.39 is 5.97 Å². The molecule has 1 saturated carbocycles. The van der Waals surface area contributed by atoms with Crippen molar-refractivity contribution in [2.45, 2.75) is 45.6 Å². The lowest BCUT2D eigenvalue weighted by Gasteiger charge is -2.21. The smallest absolute Gasteiger partial charge is 0.333 e. The second-order valence-electron chi connectivity index (χ2n) is 8.19. The minimum atomic E-state index is -0.560. The van der Waals surface area contributed by atoms with E-state index in [2.05, 4.69) is 5.32 Å². The van der Waals surface area contributed by atoms with E-state index >= 15 is 0 Å². The van der Waals surface area contributed by atoms with Crippen LogP contribution in [-0.2, 0) is 20.9 Å². The molecule has 1 aromatic carbocycles. The zero-order chi connectivity index (χ0) is 24.5. The lowest BCUT2D eigenvalue weighted by atomic mass is 9.89. The van der Waals surface area contributed by atoms with E-state index in [0.29, 0.717) is 38.7 Å². The lowest BCUT2D eigenvalue weighted by molar-refractivity contribution is -0.135. The molecule has 0 spiro atoms. The summed E-state index contributed by atoms with van der Waals surface area (Å²) >= 11 is 1.13. The highest BCUT2D eigenvalue weighted by Crippen LogP contribution is 2.23. The number of nitrogens with zero attached hydrogens (tertiary/aromatic N) is 1. The van der Waals surface area contributed by atoms with E-state index in [4.69, 9.17) is 14.2 Å². The van der Waals surface area contributed by atoms with E-state index in [9.17, 15) is 14.4 Å². The minimum Gasteiger partial charge on any atom is -0.497 e. The van der Waals surface area contributed by atoms with Gasteiger partial charge in [0.2, 0.25) is 5.91 Å². The molecule has 0 aliphatic heterocycles. The van der Waals surface area contributed by atoms with Crippen molar-refractivity contribution in [2.24, 2.45) is 5.92 Å². The Morgan fingerprint density at radius 2 is 1.79 bits per heavy atom. The molecule has 184 valence electrons. The van der Waals surface area contributed by atoms with E-state index in [1.807, 2.05) is 0 Å². The van der Waals surface area contributed by atoms with Gasteiger partial charge in [0.05, 0.1) is 31.4 Å². The third-order valence-electron chi connectivity index (χ3n) is 5.75. The van der Waals surface area contributed by atoms with E-state index in [1.165, 1.54) is 29.9 Å². The minimum absolute atomic E-state index is 0.164. The highest BCUT2D eigenvalue weighted by atomic mass is 32.1. The van der Waals surface area contributed by atoms with Crippen LogP contribution in [0.25, 0.3) is 12.2 Å². The number of ether oxygens (including phenoxy) is 3. The normalized spacial score (nSPS) is 15.3. The number of nitrogens with one attached hydrogen (secondary N) is 1. The van der Waals surface area contributed by atoms with Crippen LogP contribution < -0.4 is 29.5 Å². The van der Waals surface area contributed by atoms with Crippen molar-refractivity contribution in [1.82, 2.24) is 9.88 Å². The Kier molecular flexibility index (Phi) is 9.33. The fourth-order valence-electron chi connectivity index (χ4n) is 3.99. The van der Waals surface area contributed by atoms with Gasteiger partial charge in [-0.05, 0) is 49.5 Å². The molecule has 0 unspecified atom stereocenters. The fourth-order valence-corrected chi connectivity index (χ4v) is 5.02. The molecule has 1 aliphatic rings. The Morgan fingerprint density at radius 3 is 2.41 bits per heavy atom. The summed E-state index contributed by atoms with van der Waals surface area (Å²) < 4.78 is 17.7. The molecule has 2 aromatic rings. The van der Waals surface area contributed by atoms with Gasteiger partial charge in [-0.3, -0.25) is 14.2 Å². The summed E-state index contributed by atoms with van der Waals surface area (Å²) in [4.78, 5) is 38.0. The average molecular weight is 489 g/mol. The third-order valence-corrected chi connectivity index (χ3v) is 6.81. The second-order valence-corrected chi connectivity index (χ2v) is 9.25. The number of thiazole rings is 1. The van der Waals surface area contributed by atoms with E-state index in [-0.39, 0.29) is 24.6 Å². The second kappa shape index (κ2) is 12.4. The van der Waals surface area contributed by atoms with Gasteiger partial charge >= 0.3 is 5.97 Å². The standard InChI is InChI=1S/C25H32N2O6S/c1-4-33-24(29)14-23-27(16-22(28)26-15-17-8-6-5-7-9-17)25(30)21(34-23)12-18-10-19(31-2)13-20(11-18)32-3/h10-14,17H,4-9,15-16H2,1-3H3,(H,26,28). The van der Waals surface area contributed by atoms with Crippen LogP contribution in [0.1, 0.15) is 44.6 Å². The summed E-state index contributed by atoms with van der Waals surface area (Å²) in [6, 6.07) is 5.29. The van der Waals surface area contributed by atoms with Gasteiger partial charge in [0.15, 0.2) is 0 Å². The number of carbonyl (C=O) groups is 2. The summed E-state index contributed by atoms with van der Waals surface area (Å²) in [5.74, 6) is 0.841. The highest BCUT2D eigenvalue weighted by Gasteiger charge is 2.16. The van der Waals surface area contributed by atoms with Gasteiger partial charge in [-0.1, -0.05) is 19.3 Å². The molecule has 1 N–H and O–H groups in total. The Labute approximate surface area is 202 Å². The number of hydrogen-bond acceptors (Lipinski definition) is 7. The number of esters is 1. The van der Waals surface area contributed by atoms with Crippen LogP contribution in [-0.4, -0.2) is 43.8 Å². The molecule has 0 radical (unpaired) electrons. The number of amides is 1. The van der Waals surface area contributed by atoms with Gasteiger partial charge in [-0.25, -0.2) is 4.79 Å². The van der Waals surface area contributed by atoms with Crippen molar-refractivity contribution in [3.8, 4) is 11.5 Å². The van der Waals surface area contributed by atoms with Gasteiger partial charge in [-0.15, -0.1) is 11.3 Å². The van der Waals surface area contributed by atoms with Gasteiger partial charge in [-0.2, -0.15) is 0 Å². The van der Waals surface area contributed by atoms with Crippen molar-refractivity contribution >= 4 is 35.4 Å². The van der Waals surface area contributed by atoms with Gasteiger partial charge < -0.3 is 19.5 Å². The number of benzene rings is 1. The maximum Gasteiger partial charge on any atom is 0.333 e. The van der Waals surface area contributed by atoms with Crippen LogP contribution >= 0.6 is 11.3 Å². The summed E-state index contributed by atoms with van der Waals surface area (Å²) in [5.41, 5.74) is 0.348. The Hall–Kier alpha value is -3.07. The molecular formula is C25H32N2O6S. The van der Waals surface area contributed by atoms with Crippen LogP contribution in [0, 0.1) is 5.92 Å². The molecule has 34 heavy (non-hydrogen) atoms. The maximum atomic E-state index is 13.2. The first kappa shape index (κ1) is 25.6. The number of rotatable bonds is 9. The number of hydrogen-bond donors (Lipinski definition) is 1. The first-order valence-corrected chi connectivity index (χ1v) is 12.3. The Balaban J connectivity index is 1.93. The third kappa shape index (κ3) is 6.96. The van der Waals surface area contributed by atoms with Crippen LogP contribution in [0.4, 0.5) is 0 Å². The van der Waals surface area contributed by atoms with Crippen molar-refractivity contribution in [2.75, 3.05) is 27.4 Å². The molecular weight excluding hydrogens is 456 g/mol. The van der Waals surface area contributed by atoms with Gasteiger partial charge in [0, 0.05) is 12.6 Å². The molecule has 0 saturated heterocycles. The lowest BCUT2D eigenvalue weighted by Crippen LogP contribution is -2.39. The summed E-state index contributed by atoms with van der Waals surface area (Å²) in [5, 5.41) is 2.96. The van der Waals surface area contributed by atoms with Crippen molar-refractivity contribution in [3.05, 3.63) is 43.3 Å². The molecule has 9 heteroatoms. The van der Waals surface area contributed by atoms with Crippen LogP contribution in [0.5, 0.6) is 11.5 Å². The predicted octanol–water partition coefficient (Wildman–Crippen LogP) is 1.80. The van der Waals surface area contributed by atoms with Crippen LogP contribution in [0.3, 0.4) is 0 Å². The van der Waals surface area contributed by atoms with Crippen molar-refractivity contribution in [1.29, 1.82) is 0 Å². The molecule has 8 nitrogen and oxygen atoms in total. The van der Waals surface area contributed by atoms with Crippen LogP contribution in [0.15, 0.2) is 23.0 Å². The fraction of sp³-hybridized carbons (Fsp3) is 0.480. The number of methoxy groups -OCH3 is 2. The molecule has 0 bridgehead atoms. The first-order chi connectivity index (χ1) is 16.4. The van der Waals surface area contributed by atoms with Crippen molar-refractivity contribution < 1.29 is 23.8 Å². The van der Waals surface area contributed by atoms with Crippen LogP contribution in [0.2, 0.25) is 0 Å². The molecule has 1 aliphatic carbocycles. The largest absolute Gasteiger partial charge is 0.497 e. The summed E-state index contributed by atoms with van der Waals surface area (Å²) in [6.07, 6.45) is 8.81. The van der Waals surface area contributed by atoms with Gasteiger partial charge in [0.25, 0.3) is 5.56 Å². The molecule has 1 aromatic heterocycles. The number of aromatic nitrogens is 1. The number of carbonyl (C=O) groups excluding carboxylic acids is 2. The highest BCUT2D eigenvalue weighted by molar-refractivity contribution is 7.07. The zero-order valence-corrected chi connectivity index (χ0v) is 20.7. The Morgan fingerprint density at radius 1 is 1.12 bits per heavy atom. The Bertz CT molecular complexity index is 1150. The average Bonchev–Trinajstić information content (AvgIpc) is 3.11. The summed E-state index contributed by atoms with van der Waals surface area (Å²) in [6.45, 7) is 2.37. The summed E-state index contributed by atoms with van der Waals surface area (Å²) in [7, 11) is 3.10. The zero-order valence-electron chi connectivity index (χ0n) is 19.9. The first-order valence-electron chi connectivity index (χ1n) is 11.5. The molecule has 3 rings (SSSR count). The predicted molar refractivity (Wildman–Crippen MR) is 132 cm³/mol. The molecule has 0 atom stereocenters. The molecule has 1 heterocycles. The van der Waals surface area contributed by atoms with Gasteiger partial charge in [0.1, 0.15) is 22.7 Å². The monoisotopic (exact) mass is 488 g/mol. The molecule has 1 fully saturated rings. The van der Waals surface area contributed by atoms with Crippen molar-refractivity contribution in [3.63, 3.8) is 0 Å². The van der Waals surface area contributed by atoms with E-state index in [0.717, 1.165) is 24.2 Å². The SMILES string of the molecule is CCOC(=O)C=c1sc(=Cc2cc(OC)cc(OC)c2)c(=O)n1CC(=O)NCC1CCCCC1. The molecule has 1 amide bonds. The quantitative estimate of drug-likeness (QED) is 0.541. The topological polar surface area (TPSA) is 95.9 Å².